The van der Waals surface area contributed by atoms with Crippen LogP contribution in [0.3, 0.4) is 0 Å². The Kier molecular flexibility index (Phi) is 5.83. The summed E-state index contributed by atoms with van der Waals surface area (Å²) in [5, 5.41) is 11.9. The second kappa shape index (κ2) is 8.71. The van der Waals surface area contributed by atoms with Gasteiger partial charge in [-0.3, -0.25) is 14.9 Å². The maximum absolute atomic E-state index is 12.8. The second-order valence-electron chi connectivity index (χ2n) is 7.56. The zero-order valence-electron chi connectivity index (χ0n) is 17.4. The van der Waals surface area contributed by atoms with Gasteiger partial charge in [-0.2, -0.15) is 0 Å². The van der Waals surface area contributed by atoms with Gasteiger partial charge in [0.1, 0.15) is 0 Å². The first-order valence-corrected chi connectivity index (χ1v) is 10.0. The number of hydrogen-bond donors (Lipinski definition) is 0. The molecule has 0 radical (unpaired) electrons. The van der Waals surface area contributed by atoms with Crippen molar-refractivity contribution in [2.24, 2.45) is 0 Å². The summed E-state index contributed by atoms with van der Waals surface area (Å²) in [6.45, 7) is 0.669. The molecule has 164 valence electrons. The van der Waals surface area contributed by atoms with Crippen LogP contribution in [0.2, 0.25) is 0 Å². The molecule has 2 heterocycles. The Morgan fingerprint density at radius 2 is 1.87 bits per heavy atom. The van der Waals surface area contributed by atoms with E-state index in [0.717, 1.165) is 5.56 Å². The number of piperidine rings is 1. The lowest BCUT2D eigenvalue weighted by Gasteiger charge is -2.34. The summed E-state index contributed by atoms with van der Waals surface area (Å²) in [4.78, 5) is 26.0. The predicted octanol–water partition coefficient (Wildman–Crippen LogP) is 2.64. The molecule has 2 aliphatic heterocycles. The van der Waals surface area contributed by atoms with Crippen molar-refractivity contribution >= 4 is 5.91 Å². The Balaban J connectivity index is 1.48. The topological polar surface area (TPSA) is 100 Å². The van der Waals surface area contributed by atoms with Gasteiger partial charge < -0.3 is 23.8 Å². The Bertz CT molecular complexity index is 994. The van der Waals surface area contributed by atoms with Crippen molar-refractivity contribution in [1.29, 1.82) is 0 Å². The number of methoxy groups -OCH3 is 2. The number of ether oxygens (including phenoxy) is 4. The quantitative estimate of drug-likeness (QED) is 0.494. The monoisotopic (exact) mass is 428 g/mol. The molecule has 9 heteroatoms. The molecule has 2 aliphatic rings. The van der Waals surface area contributed by atoms with Crippen LogP contribution in [0, 0.1) is 10.1 Å². The fourth-order valence-electron chi connectivity index (χ4n) is 4.12. The molecule has 2 aromatic rings. The molecule has 0 saturated carbocycles. The third kappa shape index (κ3) is 4.21. The van der Waals surface area contributed by atoms with Crippen molar-refractivity contribution in [2.75, 3.05) is 34.1 Å². The summed E-state index contributed by atoms with van der Waals surface area (Å²) in [5.74, 6) is 1.78. The molecule has 0 spiro atoms. The molecule has 0 aliphatic carbocycles. The first-order valence-electron chi connectivity index (χ1n) is 10.0. The summed E-state index contributed by atoms with van der Waals surface area (Å²) in [6.07, 6.45) is 0.649. The van der Waals surface area contributed by atoms with Crippen molar-refractivity contribution < 1.29 is 28.7 Å². The van der Waals surface area contributed by atoms with Gasteiger partial charge in [-0.05, 0) is 41.8 Å². The lowest BCUT2D eigenvalue weighted by Crippen LogP contribution is -2.50. The van der Waals surface area contributed by atoms with Crippen LogP contribution in [0.4, 0.5) is 0 Å². The highest BCUT2D eigenvalue weighted by Crippen LogP contribution is 2.37. The van der Waals surface area contributed by atoms with E-state index in [2.05, 4.69) is 0 Å². The molecule has 9 nitrogen and oxygen atoms in total. The molecule has 2 atom stereocenters. The normalized spacial score (nSPS) is 19.9. The Morgan fingerprint density at radius 3 is 2.61 bits per heavy atom. The van der Waals surface area contributed by atoms with E-state index in [-0.39, 0.29) is 30.6 Å². The summed E-state index contributed by atoms with van der Waals surface area (Å²) in [6, 6.07) is 9.93. The van der Waals surface area contributed by atoms with Gasteiger partial charge in [0.05, 0.1) is 26.7 Å². The van der Waals surface area contributed by atoms with Gasteiger partial charge in [0.15, 0.2) is 23.0 Å². The lowest BCUT2D eigenvalue weighted by atomic mass is 9.85. The molecule has 1 amide bonds. The SMILES string of the molecule is COc1ccc([C@@H]2CC(=O)N(CCc3ccc4c(c3)OCO4)C[C@H]2[N+](=O)[O-])cc1OC. The van der Waals surface area contributed by atoms with E-state index in [9.17, 15) is 14.9 Å². The number of benzene rings is 2. The summed E-state index contributed by atoms with van der Waals surface area (Å²) in [7, 11) is 3.04. The molecule has 1 saturated heterocycles. The highest BCUT2D eigenvalue weighted by Gasteiger charge is 2.42. The lowest BCUT2D eigenvalue weighted by molar-refractivity contribution is -0.528. The first-order chi connectivity index (χ1) is 15.0. The molecule has 0 bridgehead atoms. The molecule has 0 unspecified atom stereocenters. The van der Waals surface area contributed by atoms with Crippen LogP contribution in [0.15, 0.2) is 36.4 Å². The number of carbonyl (C=O) groups is 1. The third-order valence-electron chi connectivity index (χ3n) is 5.83. The van der Waals surface area contributed by atoms with E-state index in [0.29, 0.717) is 41.5 Å². The van der Waals surface area contributed by atoms with Gasteiger partial charge in [-0.25, -0.2) is 0 Å². The number of fused-ring (bicyclic) bond motifs is 1. The Labute approximate surface area is 179 Å². The highest BCUT2D eigenvalue weighted by molar-refractivity contribution is 5.78. The fourth-order valence-corrected chi connectivity index (χ4v) is 4.12. The van der Waals surface area contributed by atoms with Crippen LogP contribution < -0.4 is 18.9 Å². The Hall–Kier alpha value is -3.49. The van der Waals surface area contributed by atoms with Crippen molar-refractivity contribution in [3.8, 4) is 23.0 Å². The average Bonchev–Trinajstić information content (AvgIpc) is 3.25. The summed E-state index contributed by atoms with van der Waals surface area (Å²) in [5.41, 5.74) is 1.68. The number of nitro groups is 1. The van der Waals surface area contributed by atoms with Gasteiger partial charge in [0, 0.05) is 17.9 Å². The fraction of sp³-hybridized carbons (Fsp3) is 0.409. The molecule has 1 fully saturated rings. The van der Waals surface area contributed by atoms with Crippen LogP contribution in [0.1, 0.15) is 23.5 Å². The van der Waals surface area contributed by atoms with E-state index >= 15 is 0 Å². The van der Waals surface area contributed by atoms with E-state index < -0.39 is 12.0 Å². The highest BCUT2D eigenvalue weighted by atomic mass is 16.7. The standard InChI is InChI=1S/C22H24N2O7/c1-28-18-6-4-15(10-20(18)29-2)16-11-22(25)23(12-17(16)24(26)27)8-7-14-3-5-19-21(9-14)31-13-30-19/h3-6,9-10,16-17H,7-8,11-13H2,1-2H3/t16-,17+/m0/s1. The van der Waals surface area contributed by atoms with Crippen molar-refractivity contribution in [3.05, 3.63) is 57.6 Å². The van der Waals surface area contributed by atoms with Crippen LogP contribution in [0.25, 0.3) is 0 Å². The van der Waals surface area contributed by atoms with Crippen molar-refractivity contribution in [2.45, 2.75) is 24.8 Å². The molecule has 2 aromatic carbocycles. The second-order valence-corrected chi connectivity index (χ2v) is 7.56. The zero-order valence-corrected chi connectivity index (χ0v) is 17.4. The van der Waals surface area contributed by atoms with Gasteiger partial charge in [-0.1, -0.05) is 12.1 Å². The van der Waals surface area contributed by atoms with E-state index in [1.54, 1.807) is 23.1 Å². The number of likely N-dealkylation sites (tertiary alicyclic amines) is 1. The molecular weight excluding hydrogens is 404 g/mol. The number of rotatable bonds is 7. The molecule has 0 N–H and O–H groups in total. The smallest absolute Gasteiger partial charge is 0.237 e. The maximum atomic E-state index is 12.8. The van der Waals surface area contributed by atoms with Crippen molar-refractivity contribution in [3.63, 3.8) is 0 Å². The summed E-state index contributed by atoms with van der Waals surface area (Å²) >= 11 is 0. The molecule has 0 aromatic heterocycles. The van der Waals surface area contributed by atoms with Crippen LogP contribution >= 0.6 is 0 Å². The number of amides is 1. The third-order valence-corrected chi connectivity index (χ3v) is 5.83. The van der Waals surface area contributed by atoms with Gasteiger partial charge in [0.25, 0.3) is 0 Å². The van der Waals surface area contributed by atoms with E-state index in [4.69, 9.17) is 18.9 Å². The largest absolute Gasteiger partial charge is 0.493 e. The van der Waals surface area contributed by atoms with Crippen LogP contribution in [-0.4, -0.2) is 55.9 Å². The first kappa shape index (κ1) is 20.8. The number of carbonyl (C=O) groups excluding carboxylic acids is 1. The van der Waals surface area contributed by atoms with Crippen molar-refractivity contribution in [1.82, 2.24) is 4.90 Å². The molecule has 4 rings (SSSR count). The van der Waals surface area contributed by atoms with Crippen LogP contribution in [0.5, 0.6) is 23.0 Å². The molecule has 31 heavy (non-hydrogen) atoms. The minimum atomic E-state index is -0.896. The Morgan fingerprint density at radius 1 is 1.10 bits per heavy atom. The zero-order chi connectivity index (χ0) is 22.0. The number of hydrogen-bond acceptors (Lipinski definition) is 7. The van der Waals surface area contributed by atoms with E-state index in [1.165, 1.54) is 14.2 Å². The maximum Gasteiger partial charge on any atom is 0.237 e. The molecular formula is C22H24N2O7. The minimum absolute atomic E-state index is 0.0649. The average molecular weight is 428 g/mol. The predicted molar refractivity (Wildman–Crippen MR) is 111 cm³/mol. The minimum Gasteiger partial charge on any atom is -0.493 e. The summed E-state index contributed by atoms with van der Waals surface area (Å²) < 4.78 is 21.3. The number of nitrogens with zero attached hydrogens (tertiary/aromatic N) is 2. The van der Waals surface area contributed by atoms with Gasteiger partial charge >= 0.3 is 0 Å². The van der Waals surface area contributed by atoms with Gasteiger partial charge in [0.2, 0.25) is 18.7 Å². The van der Waals surface area contributed by atoms with Gasteiger partial charge in [-0.15, -0.1) is 0 Å². The van der Waals surface area contributed by atoms with Crippen LogP contribution in [-0.2, 0) is 11.2 Å². The van der Waals surface area contributed by atoms with E-state index in [1.807, 2.05) is 18.2 Å².